The van der Waals surface area contributed by atoms with Gasteiger partial charge < -0.3 is 28.8 Å². The molecular weight excluding hydrogens is 382 g/mol. The molecule has 1 saturated heterocycles. The van der Waals surface area contributed by atoms with Gasteiger partial charge in [-0.05, 0) is 42.2 Å². The van der Waals surface area contributed by atoms with Gasteiger partial charge in [-0.2, -0.15) is 0 Å². The normalized spacial score (nSPS) is 18.3. The van der Waals surface area contributed by atoms with E-state index in [9.17, 15) is 15.2 Å². The summed E-state index contributed by atoms with van der Waals surface area (Å²) in [5, 5.41) is 21.2. The maximum Gasteiger partial charge on any atom is 0.315 e. The molecule has 2 aromatic carbocycles. The smallest absolute Gasteiger partial charge is 0.315 e. The Morgan fingerprint density at radius 2 is 1.38 bits per heavy atom. The topological polar surface area (TPSA) is 110 Å². The summed E-state index contributed by atoms with van der Waals surface area (Å²) < 4.78 is 27.4. The Bertz CT molecular complexity index is 889. The first-order valence-corrected chi connectivity index (χ1v) is 8.94. The highest BCUT2D eigenvalue weighted by Crippen LogP contribution is 2.48. The number of phenolic OH excluding ortho intramolecular Hbond substituents is 1. The molecule has 9 nitrogen and oxygen atoms in total. The number of hydrogen-bond donors (Lipinski definition) is 1. The molecular formula is C20H23NO8. The fourth-order valence-electron chi connectivity index (χ4n) is 3.51. The van der Waals surface area contributed by atoms with Crippen LogP contribution in [0.15, 0.2) is 24.3 Å². The molecule has 0 spiro atoms. The third-order valence-corrected chi connectivity index (χ3v) is 4.94. The third-order valence-electron chi connectivity index (χ3n) is 4.94. The van der Waals surface area contributed by atoms with Crippen LogP contribution in [0.1, 0.15) is 36.2 Å². The van der Waals surface area contributed by atoms with Crippen LogP contribution in [0.2, 0.25) is 0 Å². The Balaban J connectivity index is 1.91. The lowest BCUT2D eigenvalue weighted by atomic mass is 10.0. The maximum atomic E-state index is 11.3. The van der Waals surface area contributed by atoms with Crippen molar-refractivity contribution in [3.05, 3.63) is 45.5 Å². The van der Waals surface area contributed by atoms with Crippen molar-refractivity contribution in [2.45, 2.75) is 25.0 Å². The van der Waals surface area contributed by atoms with E-state index in [1.165, 1.54) is 20.3 Å². The number of aromatic hydroxyl groups is 1. The van der Waals surface area contributed by atoms with Gasteiger partial charge in [-0.1, -0.05) is 0 Å². The fourth-order valence-corrected chi connectivity index (χ4v) is 3.51. The van der Waals surface area contributed by atoms with E-state index < -0.39 is 16.4 Å². The Hall–Kier alpha value is -3.20. The quantitative estimate of drug-likeness (QED) is 0.545. The van der Waals surface area contributed by atoms with Crippen LogP contribution >= 0.6 is 0 Å². The molecule has 1 aliphatic heterocycles. The fraction of sp³-hybridized carbons (Fsp3) is 0.400. The molecule has 29 heavy (non-hydrogen) atoms. The summed E-state index contributed by atoms with van der Waals surface area (Å²) in [6, 6.07) is 6.53. The number of phenols is 1. The molecule has 0 saturated carbocycles. The largest absolute Gasteiger partial charge is 0.500 e. The monoisotopic (exact) mass is 405 g/mol. The molecule has 1 fully saturated rings. The zero-order chi connectivity index (χ0) is 21.1. The van der Waals surface area contributed by atoms with Gasteiger partial charge >= 0.3 is 5.69 Å². The molecule has 2 unspecified atom stereocenters. The maximum absolute atomic E-state index is 11.3. The average Bonchev–Trinajstić information content (AvgIpc) is 3.22. The highest BCUT2D eigenvalue weighted by atomic mass is 16.6. The molecule has 0 aromatic heterocycles. The summed E-state index contributed by atoms with van der Waals surface area (Å²) in [5.41, 5.74) is 1.00. The van der Waals surface area contributed by atoms with Gasteiger partial charge in [0.25, 0.3) is 0 Å². The molecule has 0 radical (unpaired) electrons. The van der Waals surface area contributed by atoms with E-state index in [1.807, 2.05) is 12.1 Å². The number of nitro benzene ring substituents is 1. The minimum absolute atomic E-state index is 0.0361. The number of ether oxygens (including phenoxy) is 5. The molecule has 156 valence electrons. The lowest BCUT2D eigenvalue weighted by molar-refractivity contribution is -0.386. The minimum atomic E-state index is -0.646. The molecule has 0 bridgehead atoms. The van der Waals surface area contributed by atoms with Gasteiger partial charge in [0.05, 0.1) is 45.6 Å². The first-order chi connectivity index (χ1) is 13.9. The second-order valence-corrected chi connectivity index (χ2v) is 6.50. The number of hydrogen-bond acceptors (Lipinski definition) is 8. The van der Waals surface area contributed by atoms with Gasteiger partial charge in [-0.15, -0.1) is 0 Å². The number of methoxy groups -OCH3 is 4. The van der Waals surface area contributed by atoms with Crippen molar-refractivity contribution in [1.82, 2.24) is 0 Å². The summed E-state index contributed by atoms with van der Waals surface area (Å²) in [5.74, 6) is 1.08. The number of nitrogens with zero attached hydrogens (tertiary/aromatic N) is 1. The zero-order valence-corrected chi connectivity index (χ0v) is 16.6. The van der Waals surface area contributed by atoms with Crippen molar-refractivity contribution in [1.29, 1.82) is 0 Å². The SMILES string of the molecule is COc1cc(C2CCC(c3cc(OC)c(OC)c(OC)c3)O2)cc([N+](=O)[O-])c1O. The molecule has 3 rings (SSSR count). The van der Waals surface area contributed by atoms with Crippen LogP contribution < -0.4 is 18.9 Å². The van der Waals surface area contributed by atoms with Crippen molar-refractivity contribution in [3.63, 3.8) is 0 Å². The van der Waals surface area contributed by atoms with Crippen LogP contribution in [0.5, 0.6) is 28.7 Å². The summed E-state index contributed by atoms with van der Waals surface area (Å²) in [6.45, 7) is 0. The first kappa shape index (κ1) is 20.5. The molecule has 9 heteroatoms. The number of benzene rings is 2. The van der Waals surface area contributed by atoms with Crippen molar-refractivity contribution in [2.24, 2.45) is 0 Å². The van der Waals surface area contributed by atoms with E-state index in [4.69, 9.17) is 23.7 Å². The second kappa shape index (κ2) is 8.44. The predicted octanol–water partition coefficient (Wildman–Crippen LogP) is 3.93. The van der Waals surface area contributed by atoms with E-state index in [2.05, 4.69) is 0 Å². The van der Waals surface area contributed by atoms with E-state index in [1.54, 1.807) is 20.3 Å². The summed E-state index contributed by atoms with van der Waals surface area (Å²) in [6.07, 6.45) is 0.701. The van der Waals surface area contributed by atoms with Crippen molar-refractivity contribution in [2.75, 3.05) is 28.4 Å². The summed E-state index contributed by atoms with van der Waals surface area (Å²) in [7, 11) is 5.96. The predicted molar refractivity (Wildman–Crippen MR) is 103 cm³/mol. The van der Waals surface area contributed by atoms with Gasteiger partial charge in [0.1, 0.15) is 0 Å². The molecule has 1 N–H and O–H groups in total. The lowest BCUT2D eigenvalue weighted by Crippen LogP contribution is -2.03. The number of nitro groups is 1. The van der Waals surface area contributed by atoms with Crippen molar-refractivity contribution < 1.29 is 33.7 Å². The van der Waals surface area contributed by atoms with Gasteiger partial charge in [0.15, 0.2) is 17.2 Å². The van der Waals surface area contributed by atoms with Gasteiger partial charge in [-0.3, -0.25) is 10.1 Å². The molecule has 2 atom stereocenters. The van der Waals surface area contributed by atoms with Crippen molar-refractivity contribution >= 4 is 5.69 Å². The van der Waals surface area contributed by atoms with Crippen LogP contribution in [0.4, 0.5) is 5.69 Å². The van der Waals surface area contributed by atoms with E-state index in [0.29, 0.717) is 35.7 Å². The minimum Gasteiger partial charge on any atom is -0.500 e. The van der Waals surface area contributed by atoms with Gasteiger partial charge in [0.2, 0.25) is 11.5 Å². The Morgan fingerprint density at radius 3 is 1.83 bits per heavy atom. The first-order valence-electron chi connectivity index (χ1n) is 8.94. The van der Waals surface area contributed by atoms with Crippen molar-refractivity contribution in [3.8, 4) is 28.7 Å². The Labute approximate surface area is 167 Å². The standard InChI is InChI=1S/C20H23NO8/c1-25-16-8-11(7-13(19(16)22)21(23)24)14-5-6-15(29-14)12-9-17(26-2)20(28-4)18(10-12)27-3/h7-10,14-15,22H,5-6H2,1-4H3. The van der Waals surface area contributed by atoms with E-state index >= 15 is 0 Å². The van der Waals surface area contributed by atoms with E-state index in [-0.39, 0.29) is 18.0 Å². The average molecular weight is 405 g/mol. The third kappa shape index (κ3) is 3.86. The van der Waals surface area contributed by atoms with Gasteiger partial charge in [-0.25, -0.2) is 0 Å². The highest BCUT2D eigenvalue weighted by molar-refractivity contribution is 5.58. The molecule has 2 aromatic rings. The van der Waals surface area contributed by atoms with Crippen LogP contribution in [0.3, 0.4) is 0 Å². The Kier molecular flexibility index (Phi) is 5.97. The second-order valence-electron chi connectivity index (χ2n) is 6.50. The summed E-state index contributed by atoms with van der Waals surface area (Å²) in [4.78, 5) is 10.6. The van der Waals surface area contributed by atoms with Crippen LogP contribution in [-0.2, 0) is 4.74 Å². The van der Waals surface area contributed by atoms with Gasteiger partial charge in [0, 0.05) is 6.07 Å². The highest BCUT2D eigenvalue weighted by Gasteiger charge is 2.32. The summed E-state index contributed by atoms with van der Waals surface area (Å²) >= 11 is 0. The zero-order valence-electron chi connectivity index (χ0n) is 16.6. The molecule has 0 amide bonds. The molecule has 1 aliphatic rings. The van der Waals surface area contributed by atoms with Crippen LogP contribution in [0, 0.1) is 10.1 Å². The Morgan fingerprint density at radius 1 is 0.897 bits per heavy atom. The molecule has 0 aliphatic carbocycles. The van der Waals surface area contributed by atoms with Crippen LogP contribution in [-0.4, -0.2) is 38.5 Å². The number of rotatable bonds is 7. The molecule has 1 heterocycles. The van der Waals surface area contributed by atoms with E-state index in [0.717, 1.165) is 5.56 Å². The lowest BCUT2D eigenvalue weighted by Gasteiger charge is -2.18. The van der Waals surface area contributed by atoms with Crippen LogP contribution in [0.25, 0.3) is 0 Å².